The Balaban J connectivity index is 1.64. The van der Waals surface area contributed by atoms with E-state index in [1.165, 1.54) is 32.2 Å². The van der Waals surface area contributed by atoms with Gasteiger partial charge in [0.15, 0.2) is 5.96 Å². The summed E-state index contributed by atoms with van der Waals surface area (Å²) in [5.74, 6) is 0.811. The summed E-state index contributed by atoms with van der Waals surface area (Å²) < 4.78 is 0. The minimum Gasteiger partial charge on any atom is -0.354 e. The van der Waals surface area contributed by atoms with Crippen LogP contribution < -0.4 is 16.0 Å². The van der Waals surface area contributed by atoms with Gasteiger partial charge in [0.05, 0.1) is 6.54 Å². The van der Waals surface area contributed by atoms with E-state index in [4.69, 9.17) is 0 Å². The molecule has 1 aliphatic carbocycles. The summed E-state index contributed by atoms with van der Waals surface area (Å²) in [6.45, 7) is 6.01. The molecule has 2 fully saturated rings. The van der Waals surface area contributed by atoms with Crippen LogP contribution in [-0.4, -0.2) is 62.1 Å². The lowest BCUT2D eigenvalue weighted by Crippen LogP contribution is -2.51. The van der Waals surface area contributed by atoms with Crippen molar-refractivity contribution in [2.75, 3.05) is 33.2 Å². The van der Waals surface area contributed by atoms with Crippen LogP contribution in [0, 0.1) is 0 Å². The Hall–Kier alpha value is -1.30. The van der Waals surface area contributed by atoms with Gasteiger partial charge in [-0.3, -0.25) is 9.79 Å². The molecule has 0 atom stereocenters. The first-order chi connectivity index (χ1) is 11.7. The van der Waals surface area contributed by atoms with E-state index < -0.39 is 0 Å². The molecule has 1 amide bonds. The van der Waals surface area contributed by atoms with Gasteiger partial charge in [0.2, 0.25) is 5.91 Å². The fourth-order valence-electron chi connectivity index (χ4n) is 3.69. The van der Waals surface area contributed by atoms with Gasteiger partial charge in [-0.1, -0.05) is 26.2 Å². The van der Waals surface area contributed by atoms with E-state index in [0.29, 0.717) is 18.6 Å². The van der Waals surface area contributed by atoms with Crippen LogP contribution >= 0.6 is 0 Å². The number of carbonyl (C=O) groups excluding carboxylic acids is 1. The van der Waals surface area contributed by atoms with E-state index in [9.17, 15) is 4.79 Å². The van der Waals surface area contributed by atoms with Gasteiger partial charge < -0.3 is 20.9 Å². The zero-order chi connectivity index (χ0) is 17.2. The monoisotopic (exact) mass is 337 g/mol. The molecular weight excluding hydrogens is 302 g/mol. The molecule has 0 aromatic rings. The summed E-state index contributed by atoms with van der Waals surface area (Å²) in [4.78, 5) is 18.9. The number of nitrogens with zero attached hydrogens (tertiary/aromatic N) is 2. The maximum Gasteiger partial charge on any atom is 0.239 e. The van der Waals surface area contributed by atoms with Crippen LogP contribution in [0.25, 0.3) is 0 Å². The standard InChI is InChI=1S/C18H35N5O/c1-3-11-23-12-9-16(10-13-23)22-18(19-2)20-14-17(24)21-15-7-5-4-6-8-15/h15-16H,3-14H2,1-2H3,(H,21,24)(H2,19,20,22). The minimum absolute atomic E-state index is 0.0719. The van der Waals surface area contributed by atoms with Gasteiger partial charge in [-0.15, -0.1) is 0 Å². The molecule has 0 aromatic heterocycles. The third-order valence-corrected chi connectivity index (χ3v) is 5.08. The second-order valence-electron chi connectivity index (χ2n) is 7.09. The molecule has 0 spiro atoms. The van der Waals surface area contributed by atoms with Crippen molar-refractivity contribution in [3.05, 3.63) is 0 Å². The maximum atomic E-state index is 12.1. The first-order valence-electron chi connectivity index (χ1n) is 9.70. The molecule has 3 N–H and O–H groups in total. The zero-order valence-corrected chi connectivity index (χ0v) is 15.4. The highest BCUT2D eigenvalue weighted by molar-refractivity contribution is 5.86. The summed E-state index contributed by atoms with van der Waals surface area (Å²) in [5, 5.41) is 9.75. The topological polar surface area (TPSA) is 68.8 Å². The van der Waals surface area contributed by atoms with Gasteiger partial charge in [0.1, 0.15) is 0 Å². The maximum absolute atomic E-state index is 12.1. The molecule has 1 aliphatic heterocycles. The quantitative estimate of drug-likeness (QED) is 0.507. The third-order valence-electron chi connectivity index (χ3n) is 5.08. The molecule has 0 aromatic carbocycles. The van der Waals surface area contributed by atoms with E-state index in [0.717, 1.165) is 44.7 Å². The average molecular weight is 338 g/mol. The Labute approximate surface area is 146 Å². The molecule has 138 valence electrons. The number of rotatable bonds is 6. The summed E-state index contributed by atoms with van der Waals surface area (Å²) >= 11 is 0. The van der Waals surface area contributed by atoms with Crippen LogP contribution in [0.5, 0.6) is 0 Å². The number of piperidine rings is 1. The highest BCUT2D eigenvalue weighted by Crippen LogP contribution is 2.17. The van der Waals surface area contributed by atoms with Crippen LogP contribution in [-0.2, 0) is 4.79 Å². The SMILES string of the molecule is CCCN1CCC(NC(=NC)NCC(=O)NC2CCCCC2)CC1. The number of hydrogen-bond acceptors (Lipinski definition) is 3. The van der Waals surface area contributed by atoms with Crippen LogP contribution in [0.15, 0.2) is 4.99 Å². The van der Waals surface area contributed by atoms with Crippen LogP contribution in [0.1, 0.15) is 58.3 Å². The fourth-order valence-corrected chi connectivity index (χ4v) is 3.69. The predicted octanol–water partition coefficient (Wildman–Crippen LogP) is 1.47. The van der Waals surface area contributed by atoms with E-state index in [1.807, 2.05) is 0 Å². The molecule has 1 saturated heterocycles. The molecule has 6 nitrogen and oxygen atoms in total. The van der Waals surface area contributed by atoms with Crippen LogP contribution in [0.2, 0.25) is 0 Å². The van der Waals surface area contributed by atoms with Crippen LogP contribution in [0.4, 0.5) is 0 Å². The summed E-state index contributed by atoms with van der Waals surface area (Å²) in [5.41, 5.74) is 0. The Bertz CT molecular complexity index is 398. The van der Waals surface area contributed by atoms with Gasteiger partial charge in [0, 0.05) is 32.2 Å². The van der Waals surface area contributed by atoms with Gasteiger partial charge in [-0.2, -0.15) is 0 Å². The highest BCUT2D eigenvalue weighted by Gasteiger charge is 2.20. The van der Waals surface area contributed by atoms with Gasteiger partial charge in [0.25, 0.3) is 0 Å². The number of likely N-dealkylation sites (tertiary alicyclic amines) is 1. The molecule has 1 heterocycles. The van der Waals surface area contributed by atoms with Crippen LogP contribution in [0.3, 0.4) is 0 Å². The van der Waals surface area contributed by atoms with Gasteiger partial charge in [-0.25, -0.2) is 0 Å². The summed E-state index contributed by atoms with van der Waals surface area (Å²) in [6, 6.07) is 0.816. The van der Waals surface area contributed by atoms with Crippen molar-refractivity contribution < 1.29 is 4.79 Å². The zero-order valence-electron chi connectivity index (χ0n) is 15.4. The number of guanidine groups is 1. The number of amides is 1. The Kier molecular flexibility index (Phi) is 8.36. The number of hydrogen-bond donors (Lipinski definition) is 3. The van der Waals surface area contributed by atoms with Gasteiger partial charge in [-0.05, 0) is 38.6 Å². The number of carbonyl (C=O) groups is 1. The number of nitrogens with one attached hydrogen (secondary N) is 3. The lowest BCUT2D eigenvalue weighted by atomic mass is 9.95. The smallest absolute Gasteiger partial charge is 0.239 e. The molecule has 0 radical (unpaired) electrons. The molecule has 6 heteroatoms. The minimum atomic E-state index is 0.0719. The molecule has 0 bridgehead atoms. The molecule has 1 saturated carbocycles. The fraction of sp³-hybridized carbons (Fsp3) is 0.889. The van der Waals surface area contributed by atoms with Crippen molar-refractivity contribution >= 4 is 11.9 Å². The van der Waals surface area contributed by atoms with E-state index in [1.54, 1.807) is 7.05 Å². The van der Waals surface area contributed by atoms with Crippen molar-refractivity contribution in [2.45, 2.75) is 70.4 Å². The lowest BCUT2D eigenvalue weighted by molar-refractivity contribution is -0.120. The molecule has 2 rings (SSSR count). The highest BCUT2D eigenvalue weighted by atomic mass is 16.2. The lowest BCUT2D eigenvalue weighted by Gasteiger charge is -2.32. The molecular formula is C18H35N5O. The number of aliphatic imine (C=N–C) groups is 1. The third kappa shape index (κ3) is 6.67. The van der Waals surface area contributed by atoms with E-state index in [2.05, 4.69) is 32.8 Å². The Morgan fingerprint density at radius 3 is 2.33 bits per heavy atom. The second kappa shape index (κ2) is 10.5. The van der Waals surface area contributed by atoms with Crippen molar-refractivity contribution in [3.8, 4) is 0 Å². The Morgan fingerprint density at radius 1 is 1.04 bits per heavy atom. The largest absolute Gasteiger partial charge is 0.354 e. The molecule has 0 unspecified atom stereocenters. The Morgan fingerprint density at radius 2 is 1.71 bits per heavy atom. The molecule has 2 aliphatic rings. The van der Waals surface area contributed by atoms with Crippen molar-refractivity contribution in [3.63, 3.8) is 0 Å². The van der Waals surface area contributed by atoms with Crippen molar-refractivity contribution in [2.24, 2.45) is 4.99 Å². The normalized spacial score (nSPS) is 21.5. The van der Waals surface area contributed by atoms with Gasteiger partial charge >= 0.3 is 0 Å². The summed E-state index contributed by atoms with van der Waals surface area (Å²) in [6.07, 6.45) is 9.50. The molecule has 24 heavy (non-hydrogen) atoms. The van der Waals surface area contributed by atoms with E-state index >= 15 is 0 Å². The van der Waals surface area contributed by atoms with Crippen molar-refractivity contribution in [1.82, 2.24) is 20.9 Å². The van der Waals surface area contributed by atoms with E-state index in [-0.39, 0.29) is 5.91 Å². The summed E-state index contributed by atoms with van der Waals surface area (Å²) in [7, 11) is 1.76. The second-order valence-corrected chi connectivity index (χ2v) is 7.09. The average Bonchev–Trinajstić information content (AvgIpc) is 2.61. The predicted molar refractivity (Wildman–Crippen MR) is 99.3 cm³/mol. The first-order valence-corrected chi connectivity index (χ1v) is 9.70. The van der Waals surface area contributed by atoms with Crippen molar-refractivity contribution in [1.29, 1.82) is 0 Å². The first kappa shape index (κ1) is 19.0.